The maximum absolute atomic E-state index is 6.04. The van der Waals surface area contributed by atoms with Gasteiger partial charge in [-0.15, -0.1) is 24.0 Å². The Bertz CT molecular complexity index is 827. The van der Waals surface area contributed by atoms with Crippen LogP contribution in [0.1, 0.15) is 56.9 Å². The van der Waals surface area contributed by atoms with Crippen molar-refractivity contribution in [3.8, 4) is 5.75 Å². The molecule has 160 valence electrons. The Hall–Kier alpha value is -1.84. The van der Waals surface area contributed by atoms with E-state index in [0.29, 0.717) is 13.2 Å². The Morgan fingerprint density at radius 2 is 2.07 bits per heavy atom. The second-order valence-electron chi connectivity index (χ2n) is 8.17. The molecule has 1 atom stereocenters. The van der Waals surface area contributed by atoms with Crippen LogP contribution in [0, 0.1) is 6.92 Å². The largest absolute Gasteiger partial charge is 0.491 e. The topological polar surface area (TPSA) is 76.4 Å². The number of ether oxygens (including phenoxy) is 1. The number of aryl methyl sites for hydroxylation is 2. The Kier molecular flexibility index (Phi) is 8.30. The average molecular weight is 512 g/mol. The van der Waals surface area contributed by atoms with Crippen LogP contribution in [0.25, 0.3) is 0 Å². The lowest BCUT2D eigenvalue weighted by Gasteiger charge is -2.25. The second-order valence-corrected chi connectivity index (χ2v) is 8.17. The van der Waals surface area contributed by atoms with Crippen LogP contribution in [-0.2, 0) is 12.0 Å². The Morgan fingerprint density at radius 3 is 2.79 bits per heavy atom. The third-order valence-corrected chi connectivity index (χ3v) is 4.86. The molecule has 1 aliphatic rings. The van der Waals surface area contributed by atoms with Gasteiger partial charge in [-0.05, 0) is 36.8 Å². The SMILES string of the molecule is CN=C(NCCOc1ccccc1C(C)(C)C)NC1CCCn2nc(C)nc21.I. The number of guanidine groups is 1. The first-order valence-electron chi connectivity index (χ1n) is 9.99. The number of hydrogen-bond donors (Lipinski definition) is 2. The van der Waals surface area contributed by atoms with Gasteiger partial charge < -0.3 is 15.4 Å². The number of benzene rings is 1. The van der Waals surface area contributed by atoms with Gasteiger partial charge in [-0.2, -0.15) is 5.10 Å². The van der Waals surface area contributed by atoms with Gasteiger partial charge in [-0.3, -0.25) is 4.99 Å². The molecule has 0 amide bonds. The van der Waals surface area contributed by atoms with Crippen LogP contribution >= 0.6 is 24.0 Å². The first-order valence-corrected chi connectivity index (χ1v) is 9.99. The van der Waals surface area contributed by atoms with E-state index < -0.39 is 0 Å². The standard InChI is InChI=1S/C21H32N6O.HI/c1-15-24-19-17(10-8-13-27(19)26-15)25-20(22-5)23-12-14-28-18-11-7-6-9-16(18)21(2,3)4;/h6-7,9,11,17H,8,10,12-14H2,1-5H3,(H2,22,23,25);1H. The van der Waals surface area contributed by atoms with E-state index in [4.69, 9.17) is 4.74 Å². The summed E-state index contributed by atoms with van der Waals surface area (Å²) in [6.07, 6.45) is 2.10. The fourth-order valence-corrected chi connectivity index (χ4v) is 3.51. The molecular weight excluding hydrogens is 479 g/mol. The highest BCUT2D eigenvalue weighted by Gasteiger charge is 2.24. The summed E-state index contributed by atoms with van der Waals surface area (Å²) in [5.41, 5.74) is 1.27. The van der Waals surface area contributed by atoms with E-state index in [1.807, 2.05) is 23.7 Å². The smallest absolute Gasteiger partial charge is 0.191 e. The number of hydrogen-bond acceptors (Lipinski definition) is 4. The Morgan fingerprint density at radius 1 is 1.31 bits per heavy atom. The summed E-state index contributed by atoms with van der Waals surface area (Å²) >= 11 is 0. The zero-order valence-electron chi connectivity index (χ0n) is 18.0. The van der Waals surface area contributed by atoms with Crippen molar-refractivity contribution in [1.29, 1.82) is 0 Å². The second kappa shape index (κ2) is 10.3. The first kappa shape index (κ1) is 23.4. The number of halogens is 1. The maximum Gasteiger partial charge on any atom is 0.191 e. The van der Waals surface area contributed by atoms with E-state index in [2.05, 4.69) is 58.6 Å². The van der Waals surface area contributed by atoms with Crippen molar-refractivity contribution < 1.29 is 4.74 Å². The number of para-hydroxylation sites is 1. The zero-order valence-corrected chi connectivity index (χ0v) is 20.4. The molecule has 3 rings (SSSR count). The van der Waals surface area contributed by atoms with E-state index >= 15 is 0 Å². The van der Waals surface area contributed by atoms with Crippen LogP contribution < -0.4 is 15.4 Å². The maximum atomic E-state index is 6.04. The Balaban J connectivity index is 0.00000300. The molecule has 2 N–H and O–H groups in total. The lowest BCUT2D eigenvalue weighted by atomic mass is 9.86. The normalized spacial score (nSPS) is 16.6. The third kappa shape index (κ3) is 6.07. The van der Waals surface area contributed by atoms with E-state index in [-0.39, 0.29) is 35.4 Å². The van der Waals surface area contributed by atoms with Crippen LogP contribution in [-0.4, -0.2) is 40.9 Å². The van der Waals surface area contributed by atoms with Crippen molar-refractivity contribution in [1.82, 2.24) is 25.4 Å². The van der Waals surface area contributed by atoms with E-state index in [1.54, 1.807) is 7.05 Å². The van der Waals surface area contributed by atoms with Gasteiger partial charge in [0.1, 0.15) is 24.0 Å². The van der Waals surface area contributed by atoms with Crippen molar-refractivity contribution in [2.45, 2.75) is 58.5 Å². The monoisotopic (exact) mass is 512 g/mol. The van der Waals surface area contributed by atoms with Gasteiger partial charge in [-0.25, -0.2) is 9.67 Å². The lowest BCUT2D eigenvalue weighted by molar-refractivity contribution is 0.312. The van der Waals surface area contributed by atoms with Crippen LogP contribution in [0.3, 0.4) is 0 Å². The summed E-state index contributed by atoms with van der Waals surface area (Å²) in [6.45, 7) is 10.7. The molecule has 2 heterocycles. The van der Waals surface area contributed by atoms with Gasteiger partial charge >= 0.3 is 0 Å². The number of fused-ring (bicyclic) bond motifs is 1. The van der Waals surface area contributed by atoms with Crippen molar-refractivity contribution in [3.05, 3.63) is 41.5 Å². The first-order chi connectivity index (χ1) is 13.4. The molecule has 0 saturated carbocycles. The molecule has 1 aromatic carbocycles. The van der Waals surface area contributed by atoms with Gasteiger partial charge in [0.25, 0.3) is 0 Å². The highest BCUT2D eigenvalue weighted by atomic mass is 127. The number of aliphatic imine (C=N–C) groups is 1. The van der Waals surface area contributed by atoms with E-state index in [1.165, 1.54) is 5.56 Å². The summed E-state index contributed by atoms with van der Waals surface area (Å²) in [6, 6.07) is 8.36. The molecule has 0 aliphatic carbocycles. The minimum atomic E-state index is 0. The van der Waals surface area contributed by atoms with Crippen molar-refractivity contribution in [2.24, 2.45) is 4.99 Å². The molecule has 1 unspecified atom stereocenters. The van der Waals surface area contributed by atoms with Gasteiger partial charge in [0.2, 0.25) is 0 Å². The quantitative estimate of drug-likeness (QED) is 0.277. The molecule has 8 heteroatoms. The third-order valence-electron chi connectivity index (χ3n) is 4.86. The average Bonchev–Trinajstić information content (AvgIpc) is 3.05. The molecule has 2 aromatic rings. The minimum Gasteiger partial charge on any atom is -0.491 e. The molecule has 0 bridgehead atoms. The molecule has 0 spiro atoms. The number of rotatable bonds is 5. The molecule has 0 fully saturated rings. The predicted molar refractivity (Wildman–Crippen MR) is 127 cm³/mol. The van der Waals surface area contributed by atoms with Crippen molar-refractivity contribution in [2.75, 3.05) is 20.2 Å². The highest BCUT2D eigenvalue weighted by Crippen LogP contribution is 2.30. The molecular formula is C21H33IN6O. The van der Waals surface area contributed by atoms with Crippen LogP contribution in [0.15, 0.2) is 29.3 Å². The summed E-state index contributed by atoms with van der Waals surface area (Å²) in [7, 11) is 1.78. The number of nitrogens with one attached hydrogen (secondary N) is 2. The molecule has 1 aromatic heterocycles. The van der Waals surface area contributed by atoms with Crippen LogP contribution in [0.5, 0.6) is 5.75 Å². The van der Waals surface area contributed by atoms with Gasteiger partial charge in [0, 0.05) is 13.6 Å². The summed E-state index contributed by atoms with van der Waals surface area (Å²) in [5, 5.41) is 11.3. The number of aromatic nitrogens is 3. The zero-order chi connectivity index (χ0) is 20.1. The molecule has 1 aliphatic heterocycles. The molecule has 0 radical (unpaired) electrons. The van der Waals surface area contributed by atoms with Crippen molar-refractivity contribution in [3.63, 3.8) is 0 Å². The van der Waals surface area contributed by atoms with Crippen LogP contribution in [0.4, 0.5) is 0 Å². The number of nitrogens with zero attached hydrogens (tertiary/aromatic N) is 4. The lowest BCUT2D eigenvalue weighted by Crippen LogP contribution is -2.42. The fraction of sp³-hybridized carbons (Fsp3) is 0.571. The predicted octanol–water partition coefficient (Wildman–Crippen LogP) is 3.58. The van der Waals surface area contributed by atoms with Crippen LogP contribution in [0.2, 0.25) is 0 Å². The summed E-state index contributed by atoms with van der Waals surface area (Å²) in [5.74, 6) is 3.50. The van der Waals surface area contributed by atoms with Gasteiger partial charge in [0.15, 0.2) is 5.96 Å². The van der Waals surface area contributed by atoms with E-state index in [9.17, 15) is 0 Å². The van der Waals surface area contributed by atoms with Crippen molar-refractivity contribution >= 4 is 29.9 Å². The minimum absolute atomic E-state index is 0. The summed E-state index contributed by atoms with van der Waals surface area (Å²) < 4.78 is 8.03. The van der Waals surface area contributed by atoms with Gasteiger partial charge in [-0.1, -0.05) is 39.0 Å². The van der Waals surface area contributed by atoms with Gasteiger partial charge in [0.05, 0.1) is 12.6 Å². The fourth-order valence-electron chi connectivity index (χ4n) is 3.51. The molecule has 0 saturated heterocycles. The molecule has 7 nitrogen and oxygen atoms in total. The summed E-state index contributed by atoms with van der Waals surface area (Å²) in [4.78, 5) is 8.92. The Labute approximate surface area is 190 Å². The molecule has 29 heavy (non-hydrogen) atoms. The van der Waals surface area contributed by atoms with E-state index in [0.717, 1.165) is 42.7 Å². The highest BCUT2D eigenvalue weighted by molar-refractivity contribution is 14.0.